The normalized spacial score (nSPS) is 11.1. The molecule has 0 fully saturated rings. The van der Waals surface area contributed by atoms with Gasteiger partial charge in [-0.1, -0.05) is 29.1 Å². The highest BCUT2D eigenvalue weighted by atomic mass is 32.2. The maximum atomic E-state index is 12.3. The molecule has 9 nitrogen and oxygen atoms in total. The van der Waals surface area contributed by atoms with Crippen molar-refractivity contribution < 1.29 is 18.0 Å². The summed E-state index contributed by atoms with van der Waals surface area (Å²) >= 11 is 1.11. The van der Waals surface area contributed by atoms with E-state index < -0.39 is 24.2 Å². The van der Waals surface area contributed by atoms with E-state index >= 15 is 0 Å². The first-order valence-electron chi connectivity index (χ1n) is 8.25. The number of nitriles is 1. The molecule has 0 spiro atoms. The zero-order chi connectivity index (χ0) is 21.7. The van der Waals surface area contributed by atoms with Crippen molar-refractivity contribution in [3.8, 4) is 17.2 Å². The Labute approximate surface area is 170 Å². The summed E-state index contributed by atoms with van der Waals surface area (Å²) in [6, 6.07) is 8.84. The lowest BCUT2D eigenvalue weighted by Crippen LogP contribution is -2.33. The van der Waals surface area contributed by atoms with Crippen molar-refractivity contribution >= 4 is 17.7 Å². The Hall–Kier alpha value is -3.66. The quantitative estimate of drug-likeness (QED) is 0.503. The van der Waals surface area contributed by atoms with Gasteiger partial charge < -0.3 is 10.3 Å². The highest BCUT2D eigenvalue weighted by Crippen LogP contribution is 2.30. The van der Waals surface area contributed by atoms with E-state index in [-0.39, 0.29) is 27.5 Å². The number of rotatable bonds is 6. The molecule has 2 aromatic heterocycles. The molecule has 0 aliphatic rings. The van der Waals surface area contributed by atoms with Crippen LogP contribution in [0.15, 0.2) is 40.2 Å². The number of aromatic nitrogens is 5. The molecule has 3 N–H and O–H groups in total. The lowest BCUT2D eigenvalue weighted by molar-refractivity contribution is -0.123. The molecule has 30 heavy (non-hydrogen) atoms. The average molecular weight is 435 g/mol. The van der Waals surface area contributed by atoms with E-state index in [4.69, 9.17) is 0 Å². The van der Waals surface area contributed by atoms with Crippen molar-refractivity contribution in [2.24, 2.45) is 0 Å². The monoisotopic (exact) mass is 435 g/mol. The SMILES string of the molecule is N#Cc1c(-c2cccc(C(=O)NCC(F)(F)F)c2)cc(=O)[nH]c1SCc1nn[nH]n1. The van der Waals surface area contributed by atoms with E-state index in [0.29, 0.717) is 11.4 Å². The van der Waals surface area contributed by atoms with Crippen molar-refractivity contribution in [3.05, 3.63) is 57.6 Å². The molecule has 0 saturated carbocycles. The molecule has 0 unspecified atom stereocenters. The minimum atomic E-state index is -4.54. The Kier molecular flexibility index (Phi) is 6.17. The molecule has 0 bridgehead atoms. The molecule has 3 aromatic rings. The summed E-state index contributed by atoms with van der Waals surface area (Å²) in [5, 5.41) is 25.0. The average Bonchev–Trinajstić information content (AvgIpc) is 3.23. The summed E-state index contributed by atoms with van der Waals surface area (Å²) in [5.74, 6) is -0.340. The largest absolute Gasteiger partial charge is 0.405 e. The molecule has 0 aliphatic carbocycles. The van der Waals surface area contributed by atoms with Crippen LogP contribution >= 0.6 is 11.8 Å². The fraction of sp³-hybridized carbons (Fsp3) is 0.176. The van der Waals surface area contributed by atoms with Gasteiger partial charge in [-0.3, -0.25) is 9.59 Å². The summed E-state index contributed by atoms with van der Waals surface area (Å²) in [6.45, 7) is -1.47. The summed E-state index contributed by atoms with van der Waals surface area (Å²) in [4.78, 5) is 26.7. The third-order valence-corrected chi connectivity index (χ3v) is 4.74. The van der Waals surface area contributed by atoms with Gasteiger partial charge in [0.1, 0.15) is 12.6 Å². The van der Waals surface area contributed by atoms with Gasteiger partial charge in [-0.2, -0.15) is 23.6 Å². The third-order valence-electron chi connectivity index (χ3n) is 3.74. The Morgan fingerprint density at radius 2 is 2.10 bits per heavy atom. The Balaban J connectivity index is 1.92. The number of alkyl halides is 3. The van der Waals surface area contributed by atoms with Gasteiger partial charge >= 0.3 is 6.18 Å². The summed E-state index contributed by atoms with van der Waals surface area (Å²) in [6.07, 6.45) is -4.54. The molecule has 13 heteroatoms. The minimum absolute atomic E-state index is 0.0399. The van der Waals surface area contributed by atoms with E-state index in [1.165, 1.54) is 24.3 Å². The van der Waals surface area contributed by atoms with Gasteiger partial charge in [0.25, 0.3) is 5.91 Å². The molecule has 0 atom stereocenters. The number of nitrogens with zero attached hydrogens (tertiary/aromatic N) is 4. The van der Waals surface area contributed by atoms with Gasteiger partial charge in [-0.15, -0.1) is 10.2 Å². The number of carbonyl (C=O) groups is 1. The molecule has 3 rings (SSSR count). The molecule has 1 aromatic carbocycles. The standard InChI is InChI=1S/C17H12F3N7O2S/c18-17(19,20)8-22-15(29)10-3-1-2-9(4-10)11-5-14(28)23-16(12(11)6-21)30-7-13-24-26-27-25-13/h1-5H,7-8H2,(H,22,29)(H,23,28)(H,24,25,26,27). The second kappa shape index (κ2) is 8.78. The first-order valence-corrected chi connectivity index (χ1v) is 9.23. The number of tetrazole rings is 1. The molecular formula is C17H12F3N7O2S. The molecule has 0 radical (unpaired) electrons. The van der Waals surface area contributed by atoms with Crippen molar-refractivity contribution in [2.75, 3.05) is 6.54 Å². The van der Waals surface area contributed by atoms with Gasteiger partial charge in [0.15, 0.2) is 5.82 Å². The maximum Gasteiger partial charge on any atom is 0.405 e. The number of H-pyrrole nitrogens is 2. The third kappa shape index (κ3) is 5.23. The van der Waals surface area contributed by atoms with Crippen molar-refractivity contribution in [2.45, 2.75) is 17.0 Å². The predicted molar refractivity (Wildman–Crippen MR) is 99.3 cm³/mol. The number of benzene rings is 1. The number of carbonyl (C=O) groups excluding carboxylic acids is 1. The van der Waals surface area contributed by atoms with E-state index in [1.54, 1.807) is 11.4 Å². The number of pyridine rings is 1. The van der Waals surface area contributed by atoms with Crippen molar-refractivity contribution in [1.29, 1.82) is 5.26 Å². The van der Waals surface area contributed by atoms with E-state index in [9.17, 15) is 28.0 Å². The topological polar surface area (TPSA) is 140 Å². The minimum Gasteiger partial charge on any atom is -0.343 e. The van der Waals surface area contributed by atoms with Crippen molar-refractivity contribution in [1.82, 2.24) is 30.9 Å². The zero-order valence-corrected chi connectivity index (χ0v) is 15.8. The fourth-order valence-corrected chi connectivity index (χ4v) is 3.34. The highest BCUT2D eigenvalue weighted by Gasteiger charge is 2.28. The van der Waals surface area contributed by atoms with Crippen molar-refractivity contribution in [3.63, 3.8) is 0 Å². The number of halogens is 3. The van der Waals surface area contributed by atoms with Gasteiger partial charge in [0.2, 0.25) is 5.56 Å². The Bertz CT molecular complexity index is 1150. The first-order chi connectivity index (χ1) is 14.3. The molecular weight excluding hydrogens is 423 g/mol. The van der Waals surface area contributed by atoms with Crippen LogP contribution in [-0.4, -0.2) is 44.2 Å². The molecule has 154 valence electrons. The Morgan fingerprint density at radius 3 is 2.77 bits per heavy atom. The van der Waals surface area contributed by atoms with Gasteiger partial charge in [0, 0.05) is 17.2 Å². The van der Waals surface area contributed by atoms with Crippen LogP contribution in [0.1, 0.15) is 21.7 Å². The highest BCUT2D eigenvalue weighted by molar-refractivity contribution is 7.98. The molecule has 1 amide bonds. The van der Waals surface area contributed by atoms with Gasteiger partial charge in [0.05, 0.1) is 16.3 Å². The second-order valence-corrected chi connectivity index (χ2v) is 6.84. The molecule has 0 saturated heterocycles. The van der Waals surface area contributed by atoms with Crippen LogP contribution in [0, 0.1) is 11.3 Å². The van der Waals surface area contributed by atoms with Crippen LogP contribution < -0.4 is 10.9 Å². The molecule has 0 aliphatic heterocycles. The fourth-order valence-electron chi connectivity index (χ4n) is 2.47. The number of nitrogens with one attached hydrogen (secondary N) is 3. The number of hydrogen-bond acceptors (Lipinski definition) is 7. The maximum absolute atomic E-state index is 12.3. The van der Waals surface area contributed by atoms with Crippen LogP contribution in [0.25, 0.3) is 11.1 Å². The number of amides is 1. The summed E-state index contributed by atoms with van der Waals surface area (Å²) in [7, 11) is 0. The van der Waals surface area contributed by atoms with E-state index in [0.717, 1.165) is 11.8 Å². The number of hydrogen-bond donors (Lipinski definition) is 3. The Morgan fingerprint density at radius 1 is 1.30 bits per heavy atom. The number of thioether (sulfide) groups is 1. The summed E-state index contributed by atoms with van der Waals surface area (Å²) in [5.41, 5.74) is 0.172. The smallest absolute Gasteiger partial charge is 0.343 e. The van der Waals surface area contributed by atoms with Crippen LogP contribution in [0.4, 0.5) is 13.2 Å². The molecule has 2 heterocycles. The van der Waals surface area contributed by atoms with Gasteiger partial charge in [-0.25, -0.2) is 0 Å². The first kappa shape index (κ1) is 21.1. The predicted octanol–water partition coefficient (Wildman–Crippen LogP) is 2.01. The second-order valence-electron chi connectivity index (χ2n) is 5.86. The van der Waals surface area contributed by atoms with Crippen LogP contribution in [-0.2, 0) is 5.75 Å². The number of aromatic amines is 2. The van der Waals surface area contributed by atoms with E-state index in [2.05, 4.69) is 25.6 Å². The summed E-state index contributed by atoms with van der Waals surface area (Å²) < 4.78 is 37.0. The van der Waals surface area contributed by atoms with Crippen LogP contribution in [0.2, 0.25) is 0 Å². The van der Waals surface area contributed by atoms with E-state index in [1.807, 2.05) is 6.07 Å². The lowest BCUT2D eigenvalue weighted by Gasteiger charge is -2.11. The lowest BCUT2D eigenvalue weighted by atomic mass is 10.00. The van der Waals surface area contributed by atoms with Crippen LogP contribution in [0.5, 0.6) is 0 Å². The van der Waals surface area contributed by atoms with Crippen LogP contribution in [0.3, 0.4) is 0 Å². The zero-order valence-electron chi connectivity index (χ0n) is 14.9. The van der Waals surface area contributed by atoms with Gasteiger partial charge in [-0.05, 0) is 17.7 Å².